The normalized spacial score (nSPS) is 21.5. The Bertz CT molecular complexity index is 732. The summed E-state index contributed by atoms with van der Waals surface area (Å²) >= 11 is 0. The molecule has 2 atom stereocenters. The maximum atomic E-state index is 9.12. The fourth-order valence-corrected chi connectivity index (χ4v) is 3.55. The summed E-state index contributed by atoms with van der Waals surface area (Å²) in [5.74, 6) is 0. The van der Waals surface area contributed by atoms with Crippen molar-refractivity contribution in [2.24, 2.45) is 0 Å². The Hall–Kier alpha value is -2.31. The van der Waals surface area contributed by atoms with E-state index in [0.717, 1.165) is 30.8 Å². The first kappa shape index (κ1) is 16.5. The van der Waals surface area contributed by atoms with Crippen LogP contribution in [0.25, 0.3) is 0 Å². The van der Waals surface area contributed by atoms with Crippen molar-refractivity contribution in [2.45, 2.75) is 39.4 Å². The summed E-state index contributed by atoms with van der Waals surface area (Å²) < 4.78 is 0. The van der Waals surface area contributed by atoms with Crippen LogP contribution in [0.4, 0.5) is 5.69 Å². The van der Waals surface area contributed by atoms with E-state index in [0.29, 0.717) is 12.1 Å². The second-order valence-corrected chi connectivity index (χ2v) is 6.88. The van der Waals surface area contributed by atoms with Crippen molar-refractivity contribution in [3.63, 3.8) is 0 Å². The smallest absolute Gasteiger partial charge is 0.0994 e. The van der Waals surface area contributed by atoms with Gasteiger partial charge in [0.05, 0.1) is 11.6 Å². The van der Waals surface area contributed by atoms with Gasteiger partial charge in [0.15, 0.2) is 0 Å². The third-order valence-corrected chi connectivity index (χ3v) is 5.01. The van der Waals surface area contributed by atoms with Crippen molar-refractivity contribution in [1.82, 2.24) is 4.90 Å². The highest BCUT2D eigenvalue weighted by Gasteiger charge is 2.29. The Balaban J connectivity index is 1.73. The molecule has 3 rings (SSSR count). The molecule has 0 radical (unpaired) electrons. The van der Waals surface area contributed by atoms with Crippen molar-refractivity contribution >= 4 is 5.69 Å². The van der Waals surface area contributed by atoms with Crippen LogP contribution in [-0.4, -0.2) is 30.1 Å². The van der Waals surface area contributed by atoms with Gasteiger partial charge >= 0.3 is 0 Å². The molecule has 3 nitrogen and oxygen atoms in total. The van der Waals surface area contributed by atoms with Crippen LogP contribution in [0.1, 0.15) is 30.5 Å². The average Bonchev–Trinajstić information content (AvgIpc) is 2.58. The summed E-state index contributed by atoms with van der Waals surface area (Å²) in [5, 5.41) is 9.12. The van der Waals surface area contributed by atoms with Crippen molar-refractivity contribution in [3.05, 3.63) is 65.2 Å². The first-order valence-corrected chi connectivity index (χ1v) is 8.64. The highest BCUT2D eigenvalue weighted by Crippen LogP contribution is 2.26. The molecule has 1 aliphatic rings. The lowest BCUT2D eigenvalue weighted by molar-refractivity contribution is 0.158. The van der Waals surface area contributed by atoms with E-state index < -0.39 is 0 Å². The third-order valence-electron chi connectivity index (χ3n) is 5.01. The van der Waals surface area contributed by atoms with Gasteiger partial charge in [0.1, 0.15) is 0 Å². The zero-order chi connectivity index (χ0) is 17.1. The Morgan fingerprint density at radius 1 is 1.04 bits per heavy atom. The molecule has 0 aliphatic carbocycles. The van der Waals surface area contributed by atoms with Gasteiger partial charge < -0.3 is 4.90 Å². The second-order valence-electron chi connectivity index (χ2n) is 6.88. The topological polar surface area (TPSA) is 30.3 Å². The SMILES string of the molecule is Cc1cc(N2CC(C)N(Cc3ccccc3)CC2C)ccc1C#N. The van der Waals surface area contributed by atoms with Gasteiger partial charge in [-0.3, -0.25) is 4.90 Å². The summed E-state index contributed by atoms with van der Waals surface area (Å²) in [5.41, 5.74) is 4.42. The minimum absolute atomic E-state index is 0.456. The van der Waals surface area contributed by atoms with E-state index in [1.165, 1.54) is 11.3 Å². The van der Waals surface area contributed by atoms with Crippen LogP contribution < -0.4 is 4.90 Å². The lowest BCUT2D eigenvalue weighted by atomic mass is 10.0. The van der Waals surface area contributed by atoms with Crippen LogP contribution in [0.5, 0.6) is 0 Å². The third kappa shape index (κ3) is 3.44. The minimum atomic E-state index is 0.456. The number of nitriles is 1. The number of piperazine rings is 1. The molecular formula is C21H25N3. The standard InChI is InChI=1S/C21H25N3/c1-16-11-21(10-9-20(16)12-22)24-14-17(2)23(13-18(24)3)15-19-7-5-4-6-8-19/h4-11,17-18H,13-15H2,1-3H3. The van der Waals surface area contributed by atoms with Gasteiger partial charge in [-0.1, -0.05) is 30.3 Å². The zero-order valence-corrected chi connectivity index (χ0v) is 14.7. The van der Waals surface area contributed by atoms with E-state index in [4.69, 9.17) is 5.26 Å². The van der Waals surface area contributed by atoms with Gasteiger partial charge in [0.25, 0.3) is 0 Å². The van der Waals surface area contributed by atoms with Crippen molar-refractivity contribution < 1.29 is 0 Å². The van der Waals surface area contributed by atoms with Crippen LogP contribution in [0, 0.1) is 18.3 Å². The van der Waals surface area contributed by atoms with Gasteiger partial charge in [-0.2, -0.15) is 5.26 Å². The fourth-order valence-electron chi connectivity index (χ4n) is 3.55. The highest BCUT2D eigenvalue weighted by atomic mass is 15.3. The first-order chi connectivity index (χ1) is 11.6. The van der Waals surface area contributed by atoms with Gasteiger partial charge in [-0.15, -0.1) is 0 Å². The van der Waals surface area contributed by atoms with E-state index >= 15 is 0 Å². The number of nitrogens with zero attached hydrogens (tertiary/aromatic N) is 3. The minimum Gasteiger partial charge on any atom is -0.366 e. The van der Waals surface area contributed by atoms with Crippen molar-refractivity contribution in [2.75, 3.05) is 18.0 Å². The van der Waals surface area contributed by atoms with Crippen molar-refractivity contribution in [3.8, 4) is 6.07 Å². The van der Waals surface area contributed by atoms with E-state index in [2.05, 4.69) is 72.2 Å². The quantitative estimate of drug-likeness (QED) is 0.857. The lowest BCUT2D eigenvalue weighted by Crippen LogP contribution is -2.56. The van der Waals surface area contributed by atoms with Crippen LogP contribution >= 0.6 is 0 Å². The Kier molecular flexibility index (Phi) is 4.87. The number of anilines is 1. The summed E-state index contributed by atoms with van der Waals surface area (Å²) in [6.07, 6.45) is 0. The van der Waals surface area contributed by atoms with Gasteiger partial charge in [-0.05, 0) is 50.1 Å². The molecule has 0 spiro atoms. The van der Waals surface area contributed by atoms with Gasteiger partial charge in [0.2, 0.25) is 0 Å². The zero-order valence-electron chi connectivity index (χ0n) is 14.7. The molecule has 0 saturated carbocycles. The average molecular weight is 319 g/mol. The molecule has 0 aromatic heterocycles. The molecule has 1 aliphatic heterocycles. The number of hydrogen-bond donors (Lipinski definition) is 0. The summed E-state index contributed by atoms with van der Waals surface area (Å²) in [7, 11) is 0. The molecule has 2 aromatic rings. The molecule has 3 heteroatoms. The number of aryl methyl sites for hydroxylation is 1. The summed E-state index contributed by atoms with van der Waals surface area (Å²) in [4.78, 5) is 5.04. The van der Waals surface area contributed by atoms with Crippen molar-refractivity contribution in [1.29, 1.82) is 5.26 Å². The first-order valence-electron chi connectivity index (χ1n) is 8.64. The maximum absolute atomic E-state index is 9.12. The molecule has 24 heavy (non-hydrogen) atoms. The molecule has 0 amide bonds. The maximum Gasteiger partial charge on any atom is 0.0994 e. The lowest BCUT2D eigenvalue weighted by Gasteiger charge is -2.45. The van der Waals surface area contributed by atoms with Crippen LogP contribution in [-0.2, 0) is 6.54 Å². The number of hydrogen-bond acceptors (Lipinski definition) is 3. The van der Waals surface area contributed by atoms with Crippen LogP contribution in [0.2, 0.25) is 0 Å². The molecule has 0 N–H and O–H groups in total. The Morgan fingerprint density at radius 3 is 2.46 bits per heavy atom. The molecule has 2 aromatic carbocycles. The predicted octanol–water partition coefficient (Wildman–Crippen LogP) is 3.97. The fraction of sp³-hybridized carbons (Fsp3) is 0.381. The highest BCUT2D eigenvalue weighted by molar-refractivity contribution is 5.54. The van der Waals surface area contributed by atoms with Gasteiger partial charge in [0, 0.05) is 37.4 Å². The Morgan fingerprint density at radius 2 is 1.79 bits per heavy atom. The molecule has 0 bridgehead atoms. The predicted molar refractivity (Wildman–Crippen MR) is 99.0 cm³/mol. The van der Waals surface area contributed by atoms with Gasteiger partial charge in [-0.25, -0.2) is 0 Å². The summed E-state index contributed by atoms with van der Waals surface area (Å²) in [6.45, 7) is 9.68. The van der Waals surface area contributed by atoms with E-state index in [9.17, 15) is 0 Å². The molecular weight excluding hydrogens is 294 g/mol. The molecule has 2 unspecified atom stereocenters. The van der Waals surface area contributed by atoms with Crippen LogP contribution in [0.15, 0.2) is 48.5 Å². The molecule has 1 heterocycles. The Labute approximate surface area is 145 Å². The molecule has 1 saturated heterocycles. The molecule has 1 fully saturated rings. The monoisotopic (exact) mass is 319 g/mol. The van der Waals surface area contributed by atoms with E-state index in [1.807, 2.05) is 13.0 Å². The largest absolute Gasteiger partial charge is 0.366 e. The van der Waals surface area contributed by atoms with E-state index in [1.54, 1.807) is 0 Å². The van der Waals surface area contributed by atoms with Crippen LogP contribution in [0.3, 0.4) is 0 Å². The summed E-state index contributed by atoms with van der Waals surface area (Å²) in [6, 6.07) is 20.1. The number of rotatable bonds is 3. The van der Waals surface area contributed by atoms with E-state index in [-0.39, 0.29) is 0 Å². The number of benzene rings is 2. The second kappa shape index (κ2) is 7.07. The molecule has 124 valence electrons.